The van der Waals surface area contributed by atoms with Gasteiger partial charge in [-0.15, -0.1) is 0 Å². The Bertz CT molecular complexity index is 809. The molecule has 2 fully saturated rings. The summed E-state index contributed by atoms with van der Waals surface area (Å²) >= 11 is 0. The summed E-state index contributed by atoms with van der Waals surface area (Å²) in [6.07, 6.45) is 4.10. The maximum Gasteiger partial charge on any atom is 0.251 e. The fourth-order valence-electron chi connectivity index (χ4n) is 3.52. The van der Waals surface area contributed by atoms with Crippen LogP contribution in [0, 0.1) is 0 Å². The summed E-state index contributed by atoms with van der Waals surface area (Å²) in [7, 11) is -3.32. The molecular weight excluding hydrogens is 368 g/mol. The maximum atomic E-state index is 12.6. The van der Waals surface area contributed by atoms with Gasteiger partial charge in [-0.05, 0) is 43.5 Å². The molecule has 3 N–H and O–H groups in total. The van der Waals surface area contributed by atoms with Crippen molar-refractivity contribution in [1.82, 2.24) is 9.62 Å². The van der Waals surface area contributed by atoms with Gasteiger partial charge < -0.3 is 16.0 Å². The summed E-state index contributed by atoms with van der Waals surface area (Å²) in [6, 6.07) is 6.15. The van der Waals surface area contributed by atoms with Crippen LogP contribution in [0.15, 0.2) is 24.3 Å². The number of benzene rings is 1. The van der Waals surface area contributed by atoms with Gasteiger partial charge in [0.1, 0.15) is 0 Å². The quantitative estimate of drug-likeness (QED) is 0.762. The second kappa shape index (κ2) is 7.95. The Hall–Kier alpha value is -1.97. The minimum absolute atomic E-state index is 0.104. The van der Waals surface area contributed by atoms with E-state index in [-0.39, 0.29) is 24.4 Å². The van der Waals surface area contributed by atoms with Gasteiger partial charge in [0.2, 0.25) is 15.9 Å². The number of hydrogen-bond acceptors (Lipinski definition) is 5. The number of piperidine rings is 2. The molecule has 1 aromatic rings. The van der Waals surface area contributed by atoms with E-state index < -0.39 is 16.1 Å². The SMILES string of the molecule is CS(=O)(=O)N1CCC(N)C(NC(=O)c2ccc(N3CCCCC3=O)cc2)C1. The van der Waals surface area contributed by atoms with E-state index in [4.69, 9.17) is 5.73 Å². The molecule has 0 aromatic heterocycles. The standard InChI is InChI=1S/C18H26N4O4S/c1-27(25,26)21-11-9-15(19)16(12-21)20-18(24)13-5-7-14(8-6-13)22-10-3-2-4-17(22)23/h5-8,15-16H,2-4,9-12,19H2,1H3,(H,20,24). The van der Waals surface area contributed by atoms with E-state index in [2.05, 4.69) is 5.32 Å². The van der Waals surface area contributed by atoms with Gasteiger partial charge in [0.05, 0.1) is 12.3 Å². The van der Waals surface area contributed by atoms with Gasteiger partial charge in [-0.25, -0.2) is 8.42 Å². The van der Waals surface area contributed by atoms with Crippen LogP contribution in [0.2, 0.25) is 0 Å². The first-order chi connectivity index (χ1) is 12.8. The first-order valence-electron chi connectivity index (χ1n) is 9.18. The first kappa shape index (κ1) is 19.8. The molecule has 2 amide bonds. The largest absolute Gasteiger partial charge is 0.346 e. The van der Waals surface area contributed by atoms with Crippen molar-refractivity contribution in [3.8, 4) is 0 Å². The fraction of sp³-hybridized carbons (Fsp3) is 0.556. The van der Waals surface area contributed by atoms with Crippen LogP contribution in [0.4, 0.5) is 5.69 Å². The first-order valence-corrected chi connectivity index (χ1v) is 11.0. The molecular formula is C18H26N4O4S. The molecule has 2 atom stereocenters. The lowest BCUT2D eigenvalue weighted by molar-refractivity contribution is -0.119. The van der Waals surface area contributed by atoms with E-state index in [9.17, 15) is 18.0 Å². The Morgan fingerprint density at radius 3 is 2.52 bits per heavy atom. The van der Waals surface area contributed by atoms with Crippen molar-refractivity contribution < 1.29 is 18.0 Å². The lowest BCUT2D eigenvalue weighted by atomic mass is 10.0. The summed E-state index contributed by atoms with van der Waals surface area (Å²) in [5.74, 6) is -0.199. The summed E-state index contributed by atoms with van der Waals surface area (Å²) in [6.45, 7) is 1.24. The van der Waals surface area contributed by atoms with E-state index in [1.54, 1.807) is 29.2 Å². The minimum Gasteiger partial charge on any atom is -0.346 e. The lowest BCUT2D eigenvalue weighted by Gasteiger charge is -2.35. The molecule has 148 valence electrons. The summed E-state index contributed by atoms with van der Waals surface area (Å²) in [4.78, 5) is 26.3. The third-order valence-electron chi connectivity index (χ3n) is 5.18. The summed E-state index contributed by atoms with van der Waals surface area (Å²) in [5, 5.41) is 2.84. The molecule has 27 heavy (non-hydrogen) atoms. The van der Waals surface area contributed by atoms with Gasteiger partial charge in [0, 0.05) is 43.3 Å². The number of amides is 2. The molecule has 0 aliphatic carbocycles. The Morgan fingerprint density at radius 1 is 1.19 bits per heavy atom. The molecule has 2 aliphatic rings. The monoisotopic (exact) mass is 394 g/mol. The Morgan fingerprint density at radius 2 is 1.89 bits per heavy atom. The summed E-state index contributed by atoms with van der Waals surface area (Å²) < 4.78 is 24.8. The van der Waals surface area contributed by atoms with Crippen LogP contribution in [-0.4, -0.2) is 62.5 Å². The van der Waals surface area contributed by atoms with Crippen LogP contribution in [0.25, 0.3) is 0 Å². The van der Waals surface area contributed by atoms with Gasteiger partial charge in [-0.1, -0.05) is 0 Å². The number of nitrogens with two attached hydrogens (primary N) is 1. The molecule has 0 bridgehead atoms. The molecule has 9 heteroatoms. The van der Waals surface area contributed by atoms with Crippen molar-refractivity contribution in [3.63, 3.8) is 0 Å². The molecule has 0 saturated carbocycles. The maximum absolute atomic E-state index is 12.6. The topological polar surface area (TPSA) is 113 Å². The zero-order valence-electron chi connectivity index (χ0n) is 15.4. The van der Waals surface area contributed by atoms with E-state index in [0.29, 0.717) is 31.5 Å². The molecule has 8 nitrogen and oxygen atoms in total. The molecule has 2 heterocycles. The number of nitrogens with one attached hydrogen (secondary N) is 1. The van der Waals surface area contributed by atoms with Gasteiger partial charge in [-0.2, -0.15) is 4.31 Å². The van der Waals surface area contributed by atoms with E-state index in [1.807, 2.05) is 0 Å². The predicted octanol–water partition coefficient (Wildman–Crippen LogP) is 0.295. The third-order valence-corrected chi connectivity index (χ3v) is 6.45. The second-order valence-corrected chi connectivity index (χ2v) is 9.19. The molecule has 0 radical (unpaired) electrons. The van der Waals surface area contributed by atoms with Crippen molar-refractivity contribution in [2.24, 2.45) is 5.73 Å². The van der Waals surface area contributed by atoms with Gasteiger partial charge in [-0.3, -0.25) is 9.59 Å². The number of sulfonamides is 1. The number of carbonyl (C=O) groups excluding carboxylic acids is 2. The van der Waals surface area contributed by atoms with E-state index in [0.717, 1.165) is 24.8 Å². The van der Waals surface area contributed by atoms with Crippen LogP contribution in [0.5, 0.6) is 0 Å². The number of rotatable bonds is 4. The average molecular weight is 394 g/mol. The Kier molecular flexibility index (Phi) is 5.83. The molecule has 2 saturated heterocycles. The van der Waals surface area contributed by atoms with Crippen LogP contribution in [0.3, 0.4) is 0 Å². The van der Waals surface area contributed by atoms with Crippen molar-refractivity contribution >= 4 is 27.5 Å². The Balaban J connectivity index is 1.66. The highest BCUT2D eigenvalue weighted by molar-refractivity contribution is 7.88. The van der Waals surface area contributed by atoms with Crippen molar-refractivity contribution in [2.45, 2.75) is 37.8 Å². The minimum atomic E-state index is -3.32. The zero-order chi connectivity index (χ0) is 19.6. The number of hydrogen-bond donors (Lipinski definition) is 2. The lowest BCUT2D eigenvalue weighted by Crippen LogP contribution is -2.59. The zero-order valence-corrected chi connectivity index (χ0v) is 16.2. The molecule has 0 spiro atoms. The van der Waals surface area contributed by atoms with Crippen LogP contribution in [0.1, 0.15) is 36.0 Å². The van der Waals surface area contributed by atoms with Crippen molar-refractivity contribution in [2.75, 3.05) is 30.8 Å². The fourth-order valence-corrected chi connectivity index (χ4v) is 4.39. The van der Waals surface area contributed by atoms with Gasteiger partial charge >= 0.3 is 0 Å². The van der Waals surface area contributed by atoms with Crippen molar-refractivity contribution in [3.05, 3.63) is 29.8 Å². The van der Waals surface area contributed by atoms with Crippen molar-refractivity contribution in [1.29, 1.82) is 0 Å². The highest BCUT2D eigenvalue weighted by atomic mass is 32.2. The van der Waals surface area contributed by atoms with Crippen LogP contribution in [-0.2, 0) is 14.8 Å². The van der Waals surface area contributed by atoms with Crippen LogP contribution >= 0.6 is 0 Å². The predicted molar refractivity (Wildman–Crippen MR) is 103 cm³/mol. The number of nitrogens with zero attached hydrogens (tertiary/aromatic N) is 2. The van der Waals surface area contributed by atoms with E-state index in [1.165, 1.54) is 4.31 Å². The summed E-state index contributed by atoms with van der Waals surface area (Å²) in [5.41, 5.74) is 7.30. The average Bonchev–Trinajstić information content (AvgIpc) is 2.63. The van der Waals surface area contributed by atoms with Crippen LogP contribution < -0.4 is 16.0 Å². The second-order valence-electron chi connectivity index (χ2n) is 7.20. The van der Waals surface area contributed by atoms with Gasteiger partial charge in [0.15, 0.2) is 0 Å². The van der Waals surface area contributed by atoms with Gasteiger partial charge in [0.25, 0.3) is 5.91 Å². The van der Waals surface area contributed by atoms with E-state index >= 15 is 0 Å². The Labute approximate surface area is 159 Å². The third kappa shape index (κ3) is 4.66. The molecule has 3 rings (SSSR count). The number of anilines is 1. The molecule has 1 aromatic carbocycles. The highest BCUT2D eigenvalue weighted by Gasteiger charge is 2.32. The highest BCUT2D eigenvalue weighted by Crippen LogP contribution is 2.21. The smallest absolute Gasteiger partial charge is 0.251 e. The normalized spacial score (nSPS) is 24.7. The number of carbonyl (C=O) groups is 2. The molecule has 2 aliphatic heterocycles. The molecule has 2 unspecified atom stereocenters.